The van der Waals surface area contributed by atoms with Crippen molar-refractivity contribution in [2.45, 2.75) is 58.9 Å². The van der Waals surface area contributed by atoms with Crippen LogP contribution in [0.3, 0.4) is 0 Å². The fourth-order valence-electron chi connectivity index (χ4n) is 2.11. The quantitative estimate of drug-likeness (QED) is 0.751. The molecule has 0 amide bonds. The highest BCUT2D eigenvalue weighted by molar-refractivity contribution is 6.30. The van der Waals surface area contributed by atoms with Crippen molar-refractivity contribution in [1.82, 2.24) is 5.32 Å². The lowest BCUT2D eigenvalue weighted by molar-refractivity contribution is 0.387. The van der Waals surface area contributed by atoms with E-state index in [4.69, 9.17) is 11.6 Å². The van der Waals surface area contributed by atoms with Gasteiger partial charge in [-0.1, -0.05) is 44.0 Å². The maximum Gasteiger partial charge on any atom is 0.0408 e. The molecule has 2 heteroatoms. The standard InChI is InChI=1S/C17H28ClN/c1-13(2)9-10-15(12-19-17(3,4)5)14-7-6-8-16(18)11-14/h6-8,11,13,15,19H,9-10,12H2,1-5H3. The predicted molar refractivity (Wildman–Crippen MR) is 86.0 cm³/mol. The van der Waals surface area contributed by atoms with E-state index in [1.807, 2.05) is 6.07 Å². The van der Waals surface area contributed by atoms with Crippen molar-refractivity contribution < 1.29 is 0 Å². The molecule has 0 radical (unpaired) electrons. The van der Waals surface area contributed by atoms with Crippen molar-refractivity contribution in [2.24, 2.45) is 5.92 Å². The van der Waals surface area contributed by atoms with Crippen LogP contribution in [0.1, 0.15) is 58.9 Å². The van der Waals surface area contributed by atoms with Gasteiger partial charge in [-0.15, -0.1) is 0 Å². The van der Waals surface area contributed by atoms with Crippen molar-refractivity contribution in [3.63, 3.8) is 0 Å². The van der Waals surface area contributed by atoms with Gasteiger partial charge in [-0.3, -0.25) is 0 Å². The Kier molecular flexibility index (Phi) is 6.35. The van der Waals surface area contributed by atoms with Gasteiger partial charge >= 0.3 is 0 Å². The van der Waals surface area contributed by atoms with E-state index in [9.17, 15) is 0 Å². The largest absolute Gasteiger partial charge is 0.311 e. The Hall–Kier alpha value is -0.530. The molecule has 1 N–H and O–H groups in total. The van der Waals surface area contributed by atoms with Gasteiger partial charge in [0.25, 0.3) is 0 Å². The maximum absolute atomic E-state index is 6.12. The Morgan fingerprint density at radius 1 is 1.16 bits per heavy atom. The Balaban J connectivity index is 2.73. The van der Waals surface area contributed by atoms with Crippen molar-refractivity contribution in [3.8, 4) is 0 Å². The summed E-state index contributed by atoms with van der Waals surface area (Å²) < 4.78 is 0. The topological polar surface area (TPSA) is 12.0 Å². The van der Waals surface area contributed by atoms with E-state index in [1.165, 1.54) is 18.4 Å². The van der Waals surface area contributed by atoms with Crippen LogP contribution in [-0.2, 0) is 0 Å². The zero-order valence-electron chi connectivity index (χ0n) is 13.0. The van der Waals surface area contributed by atoms with E-state index in [1.54, 1.807) is 0 Å². The highest BCUT2D eigenvalue weighted by atomic mass is 35.5. The van der Waals surface area contributed by atoms with Crippen molar-refractivity contribution in [2.75, 3.05) is 6.54 Å². The summed E-state index contributed by atoms with van der Waals surface area (Å²) in [4.78, 5) is 0. The number of benzene rings is 1. The Labute approximate surface area is 123 Å². The molecule has 0 heterocycles. The molecule has 0 fully saturated rings. The lowest BCUT2D eigenvalue weighted by Gasteiger charge is -2.26. The molecule has 108 valence electrons. The van der Waals surface area contributed by atoms with Crippen LogP contribution in [0.2, 0.25) is 5.02 Å². The van der Waals surface area contributed by atoms with E-state index in [2.05, 4.69) is 58.1 Å². The Morgan fingerprint density at radius 2 is 1.84 bits per heavy atom. The summed E-state index contributed by atoms with van der Waals surface area (Å²) in [5, 5.41) is 4.46. The molecule has 0 saturated heterocycles. The SMILES string of the molecule is CC(C)CCC(CNC(C)(C)C)c1cccc(Cl)c1. The number of hydrogen-bond donors (Lipinski definition) is 1. The van der Waals surface area contributed by atoms with Crippen LogP contribution in [0.5, 0.6) is 0 Å². The fraction of sp³-hybridized carbons (Fsp3) is 0.647. The summed E-state index contributed by atoms with van der Waals surface area (Å²) in [6, 6.07) is 8.30. The average molecular weight is 282 g/mol. The lowest BCUT2D eigenvalue weighted by Crippen LogP contribution is -2.38. The highest BCUT2D eigenvalue weighted by Gasteiger charge is 2.16. The van der Waals surface area contributed by atoms with Crippen LogP contribution in [0.4, 0.5) is 0 Å². The van der Waals surface area contributed by atoms with Crippen molar-refractivity contribution in [1.29, 1.82) is 0 Å². The molecule has 0 aliphatic carbocycles. The molecule has 19 heavy (non-hydrogen) atoms. The molecule has 1 rings (SSSR count). The van der Waals surface area contributed by atoms with E-state index < -0.39 is 0 Å². The molecular weight excluding hydrogens is 254 g/mol. The molecule has 1 nitrogen and oxygen atoms in total. The summed E-state index contributed by atoms with van der Waals surface area (Å²) in [6.07, 6.45) is 2.46. The van der Waals surface area contributed by atoms with Crippen LogP contribution in [0.25, 0.3) is 0 Å². The van der Waals surface area contributed by atoms with Crippen LogP contribution >= 0.6 is 11.6 Å². The van der Waals surface area contributed by atoms with Gasteiger partial charge in [0.1, 0.15) is 0 Å². The second-order valence-electron chi connectivity index (χ2n) is 6.85. The number of nitrogens with one attached hydrogen (secondary N) is 1. The molecule has 0 aliphatic rings. The molecule has 1 atom stereocenters. The van der Waals surface area contributed by atoms with Gasteiger partial charge in [0.15, 0.2) is 0 Å². The fourth-order valence-corrected chi connectivity index (χ4v) is 2.31. The van der Waals surface area contributed by atoms with Gasteiger partial charge in [0.2, 0.25) is 0 Å². The van der Waals surface area contributed by atoms with Gasteiger partial charge in [-0.05, 0) is 56.7 Å². The third-order valence-electron chi connectivity index (χ3n) is 3.29. The van der Waals surface area contributed by atoms with Gasteiger partial charge in [0, 0.05) is 17.1 Å². The molecule has 1 aromatic carbocycles. The normalized spacial score (nSPS) is 13.8. The monoisotopic (exact) mass is 281 g/mol. The minimum atomic E-state index is 0.161. The highest BCUT2D eigenvalue weighted by Crippen LogP contribution is 2.25. The summed E-state index contributed by atoms with van der Waals surface area (Å²) in [5.74, 6) is 1.29. The molecule has 0 saturated carbocycles. The minimum absolute atomic E-state index is 0.161. The van der Waals surface area contributed by atoms with E-state index >= 15 is 0 Å². The Morgan fingerprint density at radius 3 is 2.37 bits per heavy atom. The van der Waals surface area contributed by atoms with Crippen LogP contribution < -0.4 is 5.32 Å². The first-order chi connectivity index (χ1) is 8.78. The van der Waals surface area contributed by atoms with Gasteiger partial charge in [-0.25, -0.2) is 0 Å². The molecule has 0 aliphatic heterocycles. The summed E-state index contributed by atoms with van der Waals surface area (Å²) in [5.41, 5.74) is 1.51. The maximum atomic E-state index is 6.12. The molecule has 1 aromatic rings. The number of hydrogen-bond acceptors (Lipinski definition) is 1. The molecule has 0 aromatic heterocycles. The van der Waals surface area contributed by atoms with Gasteiger partial charge in [-0.2, -0.15) is 0 Å². The van der Waals surface area contributed by atoms with E-state index in [-0.39, 0.29) is 5.54 Å². The first kappa shape index (κ1) is 16.5. The van der Waals surface area contributed by atoms with Crippen LogP contribution in [0, 0.1) is 5.92 Å². The van der Waals surface area contributed by atoms with Gasteiger partial charge < -0.3 is 5.32 Å². The summed E-state index contributed by atoms with van der Waals surface area (Å²) in [6.45, 7) is 12.2. The third kappa shape index (κ3) is 6.98. The van der Waals surface area contributed by atoms with Crippen LogP contribution in [-0.4, -0.2) is 12.1 Å². The van der Waals surface area contributed by atoms with Crippen molar-refractivity contribution >= 4 is 11.6 Å². The Bertz CT molecular complexity index is 379. The summed E-state index contributed by atoms with van der Waals surface area (Å²) in [7, 11) is 0. The predicted octanol–water partition coefficient (Wildman–Crippen LogP) is 5.25. The van der Waals surface area contributed by atoms with E-state index in [0.717, 1.165) is 17.5 Å². The zero-order chi connectivity index (χ0) is 14.5. The number of rotatable bonds is 6. The molecule has 0 spiro atoms. The minimum Gasteiger partial charge on any atom is -0.311 e. The van der Waals surface area contributed by atoms with Gasteiger partial charge in [0.05, 0.1) is 0 Å². The number of halogens is 1. The van der Waals surface area contributed by atoms with E-state index in [0.29, 0.717) is 5.92 Å². The smallest absolute Gasteiger partial charge is 0.0408 e. The third-order valence-corrected chi connectivity index (χ3v) is 3.53. The molecule has 1 unspecified atom stereocenters. The first-order valence-electron chi connectivity index (χ1n) is 7.28. The zero-order valence-corrected chi connectivity index (χ0v) is 13.7. The lowest BCUT2D eigenvalue weighted by atomic mass is 9.90. The second kappa shape index (κ2) is 7.31. The first-order valence-corrected chi connectivity index (χ1v) is 7.66. The van der Waals surface area contributed by atoms with Crippen molar-refractivity contribution in [3.05, 3.63) is 34.9 Å². The summed E-state index contributed by atoms with van der Waals surface area (Å²) >= 11 is 6.12. The molecule has 0 bridgehead atoms. The second-order valence-corrected chi connectivity index (χ2v) is 7.29. The molecular formula is C17H28ClN. The average Bonchev–Trinajstić information content (AvgIpc) is 2.27. The van der Waals surface area contributed by atoms with Crippen LogP contribution in [0.15, 0.2) is 24.3 Å².